The van der Waals surface area contributed by atoms with E-state index < -0.39 is 5.60 Å². The van der Waals surface area contributed by atoms with Gasteiger partial charge in [-0.2, -0.15) is 0 Å². The third-order valence-corrected chi connectivity index (χ3v) is 4.06. The Bertz CT molecular complexity index is 524. The molecule has 0 radical (unpaired) electrons. The summed E-state index contributed by atoms with van der Waals surface area (Å²) in [7, 11) is 0. The van der Waals surface area contributed by atoms with Gasteiger partial charge in [0.05, 0.1) is 15.4 Å². The summed E-state index contributed by atoms with van der Waals surface area (Å²) in [4.78, 5) is 15.4. The molecule has 1 aliphatic rings. The Kier molecular flexibility index (Phi) is 4.25. The van der Waals surface area contributed by atoms with Gasteiger partial charge in [0, 0.05) is 13.1 Å². The van der Waals surface area contributed by atoms with Gasteiger partial charge in [-0.15, -0.1) is 11.3 Å². The molecular formula is C14H17NO3S. The van der Waals surface area contributed by atoms with Crippen molar-refractivity contribution in [1.82, 2.24) is 4.90 Å². The maximum absolute atomic E-state index is 12.3. The van der Waals surface area contributed by atoms with E-state index in [1.54, 1.807) is 24.0 Å². The molecule has 0 spiro atoms. The van der Waals surface area contributed by atoms with Gasteiger partial charge in [0.25, 0.3) is 5.91 Å². The maximum Gasteiger partial charge on any atom is 0.264 e. The number of hydrogen-bond acceptors (Lipinski definition) is 4. The van der Waals surface area contributed by atoms with Crippen LogP contribution in [-0.4, -0.2) is 46.3 Å². The van der Waals surface area contributed by atoms with Gasteiger partial charge in [0.1, 0.15) is 6.61 Å². The highest BCUT2D eigenvalue weighted by Crippen LogP contribution is 2.24. The zero-order valence-corrected chi connectivity index (χ0v) is 11.7. The molecule has 0 saturated carbocycles. The second-order valence-electron chi connectivity index (χ2n) is 4.95. The molecule has 0 bridgehead atoms. The van der Waals surface area contributed by atoms with E-state index in [1.807, 2.05) is 0 Å². The van der Waals surface area contributed by atoms with Crippen LogP contribution in [-0.2, 0) is 0 Å². The van der Waals surface area contributed by atoms with Gasteiger partial charge < -0.3 is 15.1 Å². The van der Waals surface area contributed by atoms with Gasteiger partial charge >= 0.3 is 0 Å². The van der Waals surface area contributed by atoms with Crippen LogP contribution >= 0.6 is 11.3 Å². The first-order chi connectivity index (χ1) is 9.02. The Labute approximate surface area is 116 Å². The topological polar surface area (TPSA) is 60.8 Å². The molecule has 2 rings (SSSR count). The minimum absolute atomic E-state index is 0.0537. The van der Waals surface area contributed by atoms with Crippen LogP contribution in [0.2, 0.25) is 0 Å². The van der Waals surface area contributed by atoms with Crippen molar-refractivity contribution in [2.75, 3.05) is 19.7 Å². The summed E-state index contributed by atoms with van der Waals surface area (Å²) in [6.07, 6.45) is 1.55. The van der Waals surface area contributed by atoms with Crippen molar-refractivity contribution in [3.8, 4) is 11.8 Å². The SMILES string of the molecule is CC1(O)CCCN(C(=O)c2ccc(C#CCO)s2)C1. The van der Waals surface area contributed by atoms with Crippen molar-refractivity contribution < 1.29 is 15.0 Å². The lowest BCUT2D eigenvalue weighted by atomic mass is 9.95. The highest BCUT2D eigenvalue weighted by molar-refractivity contribution is 7.14. The minimum atomic E-state index is -0.787. The Morgan fingerprint density at radius 2 is 2.37 bits per heavy atom. The molecule has 0 aliphatic carbocycles. The quantitative estimate of drug-likeness (QED) is 0.756. The highest BCUT2D eigenvalue weighted by Gasteiger charge is 2.31. The van der Waals surface area contributed by atoms with Crippen LogP contribution in [0.5, 0.6) is 0 Å². The predicted molar refractivity (Wildman–Crippen MR) is 74.0 cm³/mol. The van der Waals surface area contributed by atoms with Crippen molar-refractivity contribution >= 4 is 17.2 Å². The third kappa shape index (κ3) is 3.57. The second kappa shape index (κ2) is 5.74. The molecule has 1 fully saturated rings. The number of hydrogen-bond donors (Lipinski definition) is 2. The van der Waals surface area contributed by atoms with Gasteiger partial charge in [-0.05, 0) is 31.9 Å². The lowest BCUT2D eigenvalue weighted by Crippen LogP contribution is -2.48. The molecule has 4 nitrogen and oxygen atoms in total. The monoisotopic (exact) mass is 279 g/mol. The first-order valence-electron chi connectivity index (χ1n) is 6.23. The van der Waals surface area contributed by atoms with E-state index in [0.717, 1.165) is 17.7 Å². The molecule has 102 valence electrons. The summed E-state index contributed by atoms with van der Waals surface area (Å²) in [5.74, 6) is 5.29. The molecule has 5 heteroatoms. The molecule has 2 N–H and O–H groups in total. The van der Waals surface area contributed by atoms with Gasteiger partial charge in [-0.1, -0.05) is 11.8 Å². The fourth-order valence-corrected chi connectivity index (χ4v) is 3.04. The van der Waals surface area contributed by atoms with Crippen LogP contribution < -0.4 is 0 Å². The molecule has 1 atom stereocenters. The zero-order valence-electron chi connectivity index (χ0n) is 10.8. The Morgan fingerprint density at radius 1 is 1.58 bits per heavy atom. The molecule has 1 amide bonds. The molecule has 1 unspecified atom stereocenters. The van der Waals surface area contributed by atoms with Crippen LogP contribution in [0, 0.1) is 11.8 Å². The average molecular weight is 279 g/mol. The summed E-state index contributed by atoms with van der Waals surface area (Å²) in [6.45, 7) is 2.64. The average Bonchev–Trinajstić information content (AvgIpc) is 2.83. The number of likely N-dealkylation sites (tertiary alicyclic amines) is 1. The predicted octanol–water partition coefficient (Wildman–Crippen LogP) is 1.08. The smallest absolute Gasteiger partial charge is 0.264 e. The van der Waals surface area contributed by atoms with E-state index in [-0.39, 0.29) is 12.5 Å². The number of aliphatic hydroxyl groups is 2. The normalized spacial score (nSPS) is 22.8. The van der Waals surface area contributed by atoms with E-state index in [1.165, 1.54) is 11.3 Å². The molecule has 1 aromatic rings. The first kappa shape index (κ1) is 14.1. The number of aliphatic hydroxyl groups excluding tert-OH is 1. The van der Waals surface area contributed by atoms with Crippen molar-refractivity contribution in [2.45, 2.75) is 25.4 Å². The highest BCUT2D eigenvalue weighted by atomic mass is 32.1. The number of β-amino-alcohol motifs (C(OH)–C–C–N with tert-alkyl or cyclic N) is 1. The number of amides is 1. The molecule has 1 aromatic heterocycles. The number of carbonyl (C=O) groups is 1. The third-order valence-electron chi connectivity index (χ3n) is 3.07. The summed E-state index contributed by atoms with van der Waals surface area (Å²) in [5, 5.41) is 18.7. The molecular weight excluding hydrogens is 262 g/mol. The summed E-state index contributed by atoms with van der Waals surface area (Å²) in [5.41, 5.74) is -0.787. The summed E-state index contributed by atoms with van der Waals surface area (Å²) in [6, 6.07) is 3.53. The van der Waals surface area contributed by atoms with Gasteiger partial charge in [0.15, 0.2) is 0 Å². The molecule has 1 saturated heterocycles. The van der Waals surface area contributed by atoms with Crippen molar-refractivity contribution in [3.05, 3.63) is 21.9 Å². The van der Waals surface area contributed by atoms with E-state index >= 15 is 0 Å². The molecule has 2 heterocycles. The van der Waals surface area contributed by atoms with Crippen molar-refractivity contribution in [2.24, 2.45) is 0 Å². The molecule has 1 aliphatic heterocycles. The lowest BCUT2D eigenvalue weighted by Gasteiger charge is -2.36. The van der Waals surface area contributed by atoms with Crippen molar-refractivity contribution in [1.29, 1.82) is 0 Å². The van der Waals surface area contributed by atoms with E-state index in [2.05, 4.69) is 11.8 Å². The Hall–Kier alpha value is -1.35. The van der Waals surface area contributed by atoms with Gasteiger partial charge in [-0.25, -0.2) is 0 Å². The van der Waals surface area contributed by atoms with E-state index in [0.29, 0.717) is 18.0 Å². The number of piperidine rings is 1. The number of nitrogens with zero attached hydrogens (tertiary/aromatic N) is 1. The molecule has 19 heavy (non-hydrogen) atoms. The van der Waals surface area contributed by atoms with Crippen LogP contribution in [0.4, 0.5) is 0 Å². The summed E-state index contributed by atoms with van der Waals surface area (Å²) < 4.78 is 0. The fraction of sp³-hybridized carbons (Fsp3) is 0.500. The molecule has 0 aromatic carbocycles. The lowest BCUT2D eigenvalue weighted by molar-refractivity contribution is -0.0105. The standard InChI is InChI=1S/C14H17NO3S/c1-14(18)7-3-8-15(10-14)13(17)12-6-5-11(19-12)4-2-9-16/h5-6,16,18H,3,7-10H2,1H3. The number of thiophene rings is 1. The first-order valence-corrected chi connectivity index (χ1v) is 7.05. The van der Waals surface area contributed by atoms with E-state index in [4.69, 9.17) is 5.11 Å². The number of carbonyl (C=O) groups excluding carboxylic acids is 1. The van der Waals surface area contributed by atoms with Crippen LogP contribution in [0.1, 0.15) is 34.3 Å². The Balaban J connectivity index is 2.09. The fourth-order valence-electron chi connectivity index (χ4n) is 2.20. The summed E-state index contributed by atoms with van der Waals surface area (Å²) >= 11 is 1.32. The van der Waals surface area contributed by atoms with Crippen LogP contribution in [0.15, 0.2) is 12.1 Å². The van der Waals surface area contributed by atoms with E-state index in [9.17, 15) is 9.90 Å². The zero-order chi connectivity index (χ0) is 13.9. The largest absolute Gasteiger partial charge is 0.388 e. The second-order valence-corrected chi connectivity index (χ2v) is 6.03. The van der Waals surface area contributed by atoms with Crippen molar-refractivity contribution in [3.63, 3.8) is 0 Å². The van der Waals surface area contributed by atoms with Gasteiger partial charge in [-0.3, -0.25) is 4.79 Å². The maximum atomic E-state index is 12.3. The number of rotatable bonds is 1. The van der Waals surface area contributed by atoms with Crippen LogP contribution in [0.3, 0.4) is 0 Å². The minimum Gasteiger partial charge on any atom is -0.388 e. The van der Waals surface area contributed by atoms with Gasteiger partial charge in [0.2, 0.25) is 0 Å². The Morgan fingerprint density at radius 3 is 3.05 bits per heavy atom. The van der Waals surface area contributed by atoms with Crippen LogP contribution in [0.25, 0.3) is 0 Å².